The van der Waals surface area contributed by atoms with Gasteiger partial charge in [-0.1, -0.05) is 13.8 Å². The largest absolute Gasteiger partial charge is 0.344 e. The average Bonchev–Trinajstić information content (AvgIpc) is 2.05. The molecule has 1 heteroatoms. The van der Waals surface area contributed by atoms with Gasteiger partial charge < -0.3 is 18.2 Å². The second kappa shape index (κ2) is 5.67. The van der Waals surface area contributed by atoms with Crippen molar-refractivity contribution in [2.75, 3.05) is 0 Å². The molecule has 0 saturated heterocycles. The second-order valence-electron chi connectivity index (χ2n) is 2.88. The van der Waals surface area contributed by atoms with Gasteiger partial charge in [0.1, 0.15) is 0 Å². The van der Waals surface area contributed by atoms with Gasteiger partial charge in [0.05, 0.1) is 0 Å². The zero-order chi connectivity index (χ0) is 8.27. The fourth-order valence-electron chi connectivity index (χ4n) is 0.939. The molecule has 0 saturated carbocycles. The zero-order valence-corrected chi connectivity index (χ0v) is 10.4. The molecule has 0 fully saturated rings. The van der Waals surface area contributed by atoms with E-state index in [4.69, 9.17) is 6.58 Å². The average molecular weight is 233 g/mol. The normalized spacial score (nSPS) is 9.25. The number of benzene rings is 1. The molecule has 0 spiro atoms. The summed E-state index contributed by atoms with van der Waals surface area (Å²) < 4.78 is 0. The SMILES string of the molecule is [CH-]=Cc1[c-]c(C(C)C)ccc1.[Y]. The summed E-state index contributed by atoms with van der Waals surface area (Å²) >= 11 is 0. The summed E-state index contributed by atoms with van der Waals surface area (Å²) in [6, 6.07) is 9.23. The molecule has 1 rings (SSSR count). The Morgan fingerprint density at radius 1 is 1.42 bits per heavy atom. The fourth-order valence-corrected chi connectivity index (χ4v) is 0.939. The van der Waals surface area contributed by atoms with Gasteiger partial charge in [0.25, 0.3) is 0 Å². The monoisotopic (exact) mass is 233 g/mol. The van der Waals surface area contributed by atoms with Crippen molar-refractivity contribution < 1.29 is 32.7 Å². The van der Waals surface area contributed by atoms with Crippen molar-refractivity contribution in [3.8, 4) is 0 Å². The van der Waals surface area contributed by atoms with Crippen molar-refractivity contribution in [1.29, 1.82) is 0 Å². The molecule has 1 aromatic carbocycles. The zero-order valence-electron chi connectivity index (χ0n) is 7.54. The molecular formula is C11H12Y-2. The van der Waals surface area contributed by atoms with E-state index in [1.165, 1.54) is 5.56 Å². The van der Waals surface area contributed by atoms with Crippen molar-refractivity contribution in [2.45, 2.75) is 19.8 Å². The number of rotatable bonds is 2. The summed E-state index contributed by atoms with van der Waals surface area (Å²) in [6.07, 6.45) is 1.58. The minimum Gasteiger partial charge on any atom is -0.344 e. The molecule has 1 radical (unpaired) electrons. The van der Waals surface area contributed by atoms with Gasteiger partial charge in [-0.15, -0.1) is 11.6 Å². The quantitative estimate of drug-likeness (QED) is 0.688. The van der Waals surface area contributed by atoms with Gasteiger partial charge in [-0.3, -0.25) is 0 Å². The molecule has 0 heterocycles. The van der Waals surface area contributed by atoms with Gasteiger partial charge in [0, 0.05) is 32.7 Å². The Kier molecular flexibility index (Phi) is 5.70. The maximum Gasteiger partial charge on any atom is 0 e. The van der Waals surface area contributed by atoms with Crippen molar-refractivity contribution in [1.82, 2.24) is 0 Å². The minimum atomic E-state index is 0. The van der Waals surface area contributed by atoms with Gasteiger partial charge in [-0.2, -0.15) is 6.07 Å². The third kappa shape index (κ3) is 3.20. The van der Waals surface area contributed by atoms with Crippen LogP contribution in [-0.4, -0.2) is 0 Å². The molecule has 0 unspecified atom stereocenters. The van der Waals surface area contributed by atoms with Crippen LogP contribution in [0.15, 0.2) is 18.2 Å². The summed E-state index contributed by atoms with van der Waals surface area (Å²) in [5.74, 6) is 0.523. The fraction of sp³-hybridized carbons (Fsp3) is 0.273. The minimum absolute atomic E-state index is 0. The third-order valence-electron chi connectivity index (χ3n) is 1.64. The maximum absolute atomic E-state index is 5.36. The Bertz CT molecular complexity index is 251. The predicted molar refractivity (Wildman–Crippen MR) is 48.1 cm³/mol. The molecule has 1 aromatic rings. The van der Waals surface area contributed by atoms with E-state index in [0.717, 1.165) is 5.56 Å². The van der Waals surface area contributed by atoms with Gasteiger partial charge in [0.15, 0.2) is 0 Å². The van der Waals surface area contributed by atoms with Crippen molar-refractivity contribution >= 4 is 6.08 Å². The first-order chi connectivity index (χ1) is 5.24. The van der Waals surface area contributed by atoms with Crippen molar-refractivity contribution in [2.24, 2.45) is 0 Å². The van der Waals surface area contributed by atoms with E-state index in [0.29, 0.717) is 5.92 Å². The molecule has 0 aliphatic rings. The molecule has 61 valence electrons. The van der Waals surface area contributed by atoms with Gasteiger partial charge in [-0.25, -0.2) is 12.1 Å². The van der Waals surface area contributed by atoms with Crippen LogP contribution in [0.5, 0.6) is 0 Å². The van der Waals surface area contributed by atoms with Crippen LogP contribution in [0.2, 0.25) is 0 Å². The van der Waals surface area contributed by atoms with E-state index < -0.39 is 0 Å². The number of hydrogen-bond acceptors (Lipinski definition) is 0. The first-order valence-corrected chi connectivity index (χ1v) is 3.81. The summed E-state index contributed by atoms with van der Waals surface area (Å²) in [7, 11) is 0. The Hall–Kier alpha value is 0.0639. The molecule has 12 heavy (non-hydrogen) atoms. The summed E-state index contributed by atoms with van der Waals surface area (Å²) in [6.45, 7) is 9.65. The first-order valence-electron chi connectivity index (χ1n) is 3.81. The molecular weight excluding hydrogens is 221 g/mol. The number of hydrogen-bond donors (Lipinski definition) is 0. The molecule has 0 aliphatic heterocycles. The van der Waals surface area contributed by atoms with Crippen LogP contribution >= 0.6 is 0 Å². The Labute approximate surface area is 100.0 Å². The van der Waals surface area contributed by atoms with Crippen LogP contribution in [-0.2, 0) is 32.7 Å². The third-order valence-corrected chi connectivity index (χ3v) is 1.64. The van der Waals surface area contributed by atoms with Crippen LogP contribution in [0.3, 0.4) is 0 Å². The summed E-state index contributed by atoms with van der Waals surface area (Å²) in [5, 5.41) is 0. The van der Waals surface area contributed by atoms with Crippen LogP contribution in [0.1, 0.15) is 30.9 Å². The van der Waals surface area contributed by atoms with E-state index in [2.05, 4.69) is 26.0 Å². The Morgan fingerprint density at radius 2 is 2.08 bits per heavy atom. The topological polar surface area (TPSA) is 0 Å². The smallest absolute Gasteiger partial charge is 0 e. The summed E-state index contributed by atoms with van der Waals surface area (Å²) in [5.41, 5.74) is 2.18. The molecule has 0 bridgehead atoms. The van der Waals surface area contributed by atoms with Crippen LogP contribution in [0.25, 0.3) is 6.08 Å². The predicted octanol–water partition coefficient (Wildman–Crippen LogP) is 3.05. The van der Waals surface area contributed by atoms with E-state index in [1.807, 2.05) is 12.1 Å². The van der Waals surface area contributed by atoms with Gasteiger partial charge >= 0.3 is 0 Å². The Morgan fingerprint density at radius 3 is 2.58 bits per heavy atom. The molecule has 0 amide bonds. The van der Waals surface area contributed by atoms with Crippen molar-refractivity contribution in [3.63, 3.8) is 0 Å². The molecule has 0 nitrogen and oxygen atoms in total. The van der Waals surface area contributed by atoms with E-state index in [1.54, 1.807) is 6.08 Å². The second-order valence-corrected chi connectivity index (χ2v) is 2.88. The van der Waals surface area contributed by atoms with E-state index >= 15 is 0 Å². The summed E-state index contributed by atoms with van der Waals surface area (Å²) in [4.78, 5) is 0. The van der Waals surface area contributed by atoms with E-state index in [9.17, 15) is 0 Å². The van der Waals surface area contributed by atoms with Crippen LogP contribution in [0.4, 0.5) is 0 Å². The Balaban J connectivity index is 0.00000121. The van der Waals surface area contributed by atoms with Crippen molar-refractivity contribution in [3.05, 3.63) is 42.0 Å². The van der Waals surface area contributed by atoms with Crippen LogP contribution < -0.4 is 0 Å². The first kappa shape index (κ1) is 12.1. The molecule has 0 aromatic heterocycles. The van der Waals surface area contributed by atoms with Gasteiger partial charge in [0.2, 0.25) is 0 Å². The molecule has 0 aliphatic carbocycles. The molecule has 0 atom stereocenters. The van der Waals surface area contributed by atoms with Crippen LogP contribution in [0, 0.1) is 12.6 Å². The maximum atomic E-state index is 5.36. The standard InChI is InChI=1S/C11H12.Y/c1-4-10-6-5-7-11(8-10)9(2)3;/h1,4-7,9H,2-3H3;/q-2;. The molecule has 0 N–H and O–H groups in total. The van der Waals surface area contributed by atoms with E-state index in [-0.39, 0.29) is 32.7 Å². The van der Waals surface area contributed by atoms with Gasteiger partial charge in [-0.05, 0) is 5.92 Å².